The van der Waals surface area contributed by atoms with Crippen LogP contribution in [0.25, 0.3) is 10.8 Å². The molecule has 0 saturated carbocycles. The Morgan fingerprint density at radius 1 is 1.04 bits per heavy atom. The number of hydrogen-bond acceptors (Lipinski definition) is 0. The van der Waals surface area contributed by atoms with Crippen LogP contribution in [0.2, 0.25) is 13.1 Å². The third kappa shape index (κ3) is 10.0. The van der Waals surface area contributed by atoms with Gasteiger partial charge >= 0.3 is 41.9 Å². The smallest absolute Gasteiger partial charge is 0.00188 e. The molecule has 0 amide bonds. The van der Waals surface area contributed by atoms with Crippen LogP contribution in [0.4, 0.5) is 0 Å². The molecule has 0 nitrogen and oxygen atoms in total. The molecule has 0 spiro atoms. The third-order valence-corrected chi connectivity index (χ3v) is 3.65. The van der Waals surface area contributed by atoms with E-state index in [0.29, 0.717) is 0 Å². The molecule has 23 heavy (non-hydrogen) atoms. The van der Waals surface area contributed by atoms with Crippen LogP contribution in [0.1, 0.15) is 11.1 Å². The summed E-state index contributed by atoms with van der Waals surface area (Å²) in [5, 5.41) is 2.70. The molecule has 3 aromatic carbocycles. The van der Waals surface area contributed by atoms with Crippen LogP contribution in [0.15, 0.2) is 59.1 Å². The van der Waals surface area contributed by atoms with Crippen LogP contribution >= 0.6 is 15.9 Å². The van der Waals surface area contributed by atoms with Gasteiger partial charge in [0.15, 0.2) is 0 Å². The van der Waals surface area contributed by atoms with Crippen molar-refractivity contribution in [3.63, 3.8) is 0 Å². The number of fused-ring (bicyclic) bond motifs is 1. The van der Waals surface area contributed by atoms with E-state index >= 15 is 0 Å². The summed E-state index contributed by atoms with van der Waals surface area (Å²) in [6, 6.07) is 18.7. The Labute approximate surface area is 176 Å². The normalized spacial score (nSPS) is 8.65. The largest absolute Gasteiger partial charge is 1.00 e. The van der Waals surface area contributed by atoms with Crippen LogP contribution in [0, 0.1) is 13.8 Å². The predicted octanol–water partition coefficient (Wildman–Crippen LogP) is 0.136. The Kier molecular flexibility index (Phi) is 15.1. The number of rotatable bonds is 0. The fourth-order valence-electron chi connectivity index (χ4n) is 1.88. The fourth-order valence-corrected chi connectivity index (χ4v) is 2.22. The van der Waals surface area contributed by atoms with E-state index in [1.165, 1.54) is 26.4 Å². The van der Waals surface area contributed by atoms with Crippen LogP contribution in [0.3, 0.4) is 0 Å². The summed E-state index contributed by atoms with van der Waals surface area (Å²) in [4.78, 5) is 0. The molecule has 0 unspecified atom stereocenters. The number of hydrogen-bond donors (Lipinski definition) is 0. The quantitative estimate of drug-likeness (QED) is 0.300. The van der Waals surface area contributed by atoms with Gasteiger partial charge in [-0.05, 0) is 6.92 Å². The van der Waals surface area contributed by atoms with Crippen molar-refractivity contribution in [1.82, 2.24) is 0 Å². The second kappa shape index (κ2) is 13.6. The summed E-state index contributed by atoms with van der Waals surface area (Å²) in [6.45, 7) is 8.89. The zero-order chi connectivity index (χ0) is 15.8. The Morgan fingerprint density at radius 3 is 2.00 bits per heavy atom. The topological polar surface area (TPSA) is 0 Å². The second-order valence-electron chi connectivity index (χ2n) is 5.17. The van der Waals surface area contributed by atoms with E-state index in [1.807, 2.05) is 30.3 Å². The molecule has 0 heterocycles. The Hall–Kier alpha value is 0.340. The van der Waals surface area contributed by atoms with Gasteiger partial charge in [0, 0.05) is 4.47 Å². The molecular weight excluding hydrogens is 486 g/mol. The first-order chi connectivity index (χ1) is 9.91. The molecule has 0 atom stereocenters. The standard InChI is InChI=1S/C11H10Br.C5H5.C2H6Si.2ClH.Zr/c1-7-5-9-3-4-11(12)8(2)10(9)6-7;1-2-4-5-3-1;1-3-2;;;/h3-6H,1-2H3;1-5H;1-2H3;2*1H;/q2*-1;;;;+2/p-2. The molecule has 0 radical (unpaired) electrons. The third-order valence-electron chi connectivity index (χ3n) is 2.79. The predicted molar refractivity (Wildman–Crippen MR) is 96.2 cm³/mol. The summed E-state index contributed by atoms with van der Waals surface area (Å²) in [5.74, 6) is 0. The summed E-state index contributed by atoms with van der Waals surface area (Å²) in [7, 11) is 0. The minimum atomic E-state index is 0. The van der Waals surface area contributed by atoms with E-state index in [9.17, 15) is 0 Å². The fraction of sp³-hybridized carbons (Fsp3) is 0.222. The number of benzene rings is 1. The molecule has 3 rings (SSSR count). The average molecular weight is 507 g/mol. The van der Waals surface area contributed by atoms with Crippen molar-refractivity contribution in [3.8, 4) is 0 Å². The maximum Gasteiger partial charge on any atom is 0.00188 e. The monoisotopic (exact) mass is 504 g/mol. The molecule has 0 bridgehead atoms. The number of aryl methyl sites for hydroxylation is 2. The van der Waals surface area contributed by atoms with E-state index < -0.39 is 0 Å². The van der Waals surface area contributed by atoms with E-state index in [4.69, 9.17) is 0 Å². The number of halogens is 3. The van der Waals surface area contributed by atoms with E-state index in [1.54, 1.807) is 23.3 Å². The maximum absolute atomic E-state index is 3.53. The van der Waals surface area contributed by atoms with Crippen LogP contribution in [-0.2, 0) is 23.3 Å². The first kappa shape index (κ1) is 25.6. The molecule has 0 aromatic heterocycles. The average Bonchev–Trinajstić information content (AvgIpc) is 3.05. The van der Waals surface area contributed by atoms with Gasteiger partial charge in [0.25, 0.3) is 0 Å². The second-order valence-corrected chi connectivity index (χ2v) is 15.4. The van der Waals surface area contributed by atoms with Crippen molar-refractivity contribution in [1.29, 1.82) is 0 Å². The molecule has 0 aliphatic carbocycles. The van der Waals surface area contributed by atoms with Gasteiger partial charge in [0.1, 0.15) is 0 Å². The molecular formula is C18H21BrCl2SiZr-2. The van der Waals surface area contributed by atoms with Gasteiger partial charge in [-0.1, -0.05) is 34.5 Å². The van der Waals surface area contributed by atoms with Gasteiger partial charge in [0.05, 0.1) is 0 Å². The van der Waals surface area contributed by atoms with E-state index in [-0.39, 0.29) is 30.2 Å². The Balaban J connectivity index is 0. The first-order valence-electron chi connectivity index (χ1n) is 6.92. The van der Waals surface area contributed by atoms with Crippen molar-refractivity contribution in [3.05, 3.63) is 70.2 Å². The SMILES string of the molecule is C[Si](C)=[Zr+2].Cc1cc2c(C)c(Br)ccc2[cH-]1.[Cl-].[Cl-].c1cc[cH-]c1. The molecule has 0 saturated heterocycles. The van der Waals surface area contributed by atoms with Crippen LogP contribution in [0.5, 0.6) is 0 Å². The Bertz CT molecular complexity index is 669. The molecule has 3 aromatic rings. The van der Waals surface area contributed by atoms with Gasteiger partial charge in [-0.2, -0.15) is 24.3 Å². The minimum absolute atomic E-state index is 0. The van der Waals surface area contributed by atoms with Crippen molar-refractivity contribution >= 4 is 32.1 Å². The van der Waals surface area contributed by atoms with Gasteiger partial charge in [0.2, 0.25) is 0 Å². The van der Waals surface area contributed by atoms with Crippen molar-refractivity contribution in [2.45, 2.75) is 26.9 Å². The van der Waals surface area contributed by atoms with Gasteiger partial charge in [-0.15, -0.1) is 28.5 Å². The molecule has 0 fully saturated rings. The van der Waals surface area contributed by atoms with E-state index in [0.717, 1.165) is 0 Å². The summed E-state index contributed by atoms with van der Waals surface area (Å²) < 4.78 is 1.20. The molecule has 0 aliphatic rings. The van der Waals surface area contributed by atoms with E-state index in [2.05, 4.69) is 67.1 Å². The van der Waals surface area contributed by atoms with Gasteiger partial charge in [-0.3, -0.25) is 0 Å². The van der Waals surface area contributed by atoms with Crippen LogP contribution < -0.4 is 24.8 Å². The van der Waals surface area contributed by atoms with Gasteiger partial charge < -0.3 is 24.8 Å². The molecule has 5 heteroatoms. The zero-order valence-electron chi connectivity index (χ0n) is 13.8. The molecule has 0 N–H and O–H groups in total. The molecule has 0 aliphatic heterocycles. The Morgan fingerprint density at radius 2 is 1.57 bits per heavy atom. The summed E-state index contributed by atoms with van der Waals surface area (Å²) in [6.07, 6.45) is 0. The molecule has 124 valence electrons. The first-order valence-corrected chi connectivity index (χ1v) is 13.9. The zero-order valence-corrected chi connectivity index (χ0v) is 20.4. The minimum Gasteiger partial charge on any atom is -1.00 e. The van der Waals surface area contributed by atoms with Crippen molar-refractivity contribution in [2.24, 2.45) is 0 Å². The van der Waals surface area contributed by atoms with Crippen LogP contribution in [-0.4, -0.2) is 5.43 Å². The van der Waals surface area contributed by atoms with Gasteiger partial charge in [-0.25, -0.2) is 12.1 Å². The van der Waals surface area contributed by atoms with Crippen molar-refractivity contribution in [2.75, 3.05) is 0 Å². The summed E-state index contributed by atoms with van der Waals surface area (Å²) >= 11 is 5.26. The van der Waals surface area contributed by atoms with Crippen molar-refractivity contribution < 1.29 is 48.1 Å². The maximum atomic E-state index is 3.53. The summed E-state index contributed by atoms with van der Waals surface area (Å²) in [5.41, 5.74) is 2.88.